The van der Waals surface area contributed by atoms with Crippen LogP contribution in [0.15, 0.2) is 29.5 Å². The number of nitrogens with one attached hydrogen (secondary N) is 1. The Kier molecular flexibility index (Phi) is 4.78. The number of carbonyl (C=O) groups is 1. The van der Waals surface area contributed by atoms with Gasteiger partial charge in [0.2, 0.25) is 0 Å². The minimum absolute atomic E-state index is 0.0306. The topological polar surface area (TPSA) is 67.5 Å². The van der Waals surface area contributed by atoms with Gasteiger partial charge in [0.25, 0.3) is 5.91 Å². The average Bonchev–Trinajstić information content (AvgIpc) is 2.01. The van der Waals surface area contributed by atoms with Gasteiger partial charge in [-0.15, -0.1) is 0 Å². The number of allylic oxidation sites excluding steroid dienone is 1. The maximum atomic E-state index is 10.8. The van der Waals surface area contributed by atoms with Crippen molar-refractivity contribution in [1.82, 2.24) is 5.32 Å². The van der Waals surface area contributed by atoms with Crippen LogP contribution in [0.2, 0.25) is 0 Å². The van der Waals surface area contributed by atoms with E-state index in [9.17, 15) is 4.79 Å². The molecule has 0 fully saturated rings. The lowest BCUT2D eigenvalue weighted by Crippen LogP contribution is -2.34. The van der Waals surface area contributed by atoms with Crippen molar-refractivity contribution in [1.29, 1.82) is 0 Å². The highest BCUT2D eigenvalue weighted by Gasteiger charge is 2.08. The van der Waals surface area contributed by atoms with Crippen LogP contribution in [0, 0.1) is 0 Å². The molecule has 0 bridgehead atoms. The van der Waals surface area contributed by atoms with E-state index >= 15 is 0 Å². The van der Waals surface area contributed by atoms with Crippen molar-refractivity contribution in [2.24, 2.45) is 10.7 Å². The number of primary amides is 1. The molecule has 15 heavy (non-hydrogen) atoms. The maximum Gasteiger partial charge on any atom is 0.267 e. The van der Waals surface area contributed by atoms with Crippen molar-refractivity contribution in [2.45, 2.75) is 33.2 Å². The molecule has 0 radical (unpaired) electrons. The van der Waals surface area contributed by atoms with Crippen molar-refractivity contribution in [3.8, 4) is 0 Å². The monoisotopic (exact) mass is 209 g/mol. The minimum atomic E-state index is -0.579. The van der Waals surface area contributed by atoms with Crippen LogP contribution in [0.5, 0.6) is 0 Å². The van der Waals surface area contributed by atoms with Crippen LogP contribution in [0.4, 0.5) is 0 Å². The Morgan fingerprint density at radius 3 is 2.33 bits per heavy atom. The van der Waals surface area contributed by atoms with E-state index in [1.54, 1.807) is 6.20 Å². The van der Waals surface area contributed by atoms with Gasteiger partial charge < -0.3 is 11.1 Å². The third-order valence-corrected chi connectivity index (χ3v) is 1.42. The molecule has 1 amide bonds. The van der Waals surface area contributed by atoms with E-state index in [4.69, 9.17) is 5.73 Å². The normalized spacial score (nSPS) is 13.6. The molecule has 0 saturated heterocycles. The van der Waals surface area contributed by atoms with Gasteiger partial charge in [-0.25, -0.2) is 4.99 Å². The molecule has 0 aromatic carbocycles. The summed E-state index contributed by atoms with van der Waals surface area (Å²) in [6.45, 7) is 11.4. The van der Waals surface area contributed by atoms with E-state index in [2.05, 4.69) is 16.9 Å². The predicted molar refractivity (Wildman–Crippen MR) is 63.5 cm³/mol. The number of aliphatic imine (C=N–C) groups is 1. The number of nitrogens with two attached hydrogens (primary N) is 1. The molecule has 0 atom stereocenters. The predicted octanol–water partition coefficient (Wildman–Crippen LogP) is 1.35. The Morgan fingerprint density at radius 2 is 2.00 bits per heavy atom. The first-order valence-corrected chi connectivity index (χ1v) is 4.71. The molecular formula is C11H19N3O. The van der Waals surface area contributed by atoms with Crippen LogP contribution in [-0.4, -0.2) is 17.2 Å². The van der Waals surface area contributed by atoms with Gasteiger partial charge in [0.05, 0.1) is 0 Å². The summed E-state index contributed by atoms with van der Waals surface area (Å²) in [5.74, 6) is -0.579. The zero-order valence-electron chi connectivity index (χ0n) is 9.79. The van der Waals surface area contributed by atoms with Crippen LogP contribution in [0.1, 0.15) is 27.7 Å². The van der Waals surface area contributed by atoms with Crippen LogP contribution >= 0.6 is 0 Å². The second-order valence-corrected chi connectivity index (χ2v) is 4.27. The number of nitrogens with zero attached hydrogens (tertiary/aromatic N) is 1. The fourth-order valence-corrected chi connectivity index (χ4v) is 1.01. The first-order chi connectivity index (χ1) is 6.76. The highest BCUT2D eigenvalue weighted by atomic mass is 16.1. The average molecular weight is 209 g/mol. The molecule has 0 aromatic heterocycles. The summed E-state index contributed by atoms with van der Waals surface area (Å²) in [4.78, 5) is 14.7. The molecule has 0 aliphatic heterocycles. The SMILES string of the molecule is C=CC(=N/C=C(\C)NC(C)(C)C)C(N)=O. The van der Waals surface area contributed by atoms with Gasteiger partial charge in [0.15, 0.2) is 0 Å². The van der Waals surface area contributed by atoms with E-state index in [0.717, 1.165) is 5.70 Å². The molecule has 4 heteroatoms. The zero-order valence-corrected chi connectivity index (χ0v) is 9.79. The highest BCUT2D eigenvalue weighted by Crippen LogP contribution is 2.03. The summed E-state index contributed by atoms with van der Waals surface area (Å²) < 4.78 is 0. The summed E-state index contributed by atoms with van der Waals surface area (Å²) in [6, 6.07) is 0. The number of rotatable bonds is 4. The quantitative estimate of drug-likeness (QED) is 0.686. The van der Waals surface area contributed by atoms with E-state index in [0.29, 0.717) is 0 Å². The Labute approximate surface area is 91.0 Å². The van der Waals surface area contributed by atoms with Gasteiger partial charge in [0.1, 0.15) is 5.71 Å². The molecule has 0 saturated carbocycles. The minimum Gasteiger partial charge on any atom is -0.383 e. The first kappa shape index (κ1) is 13.4. The standard InChI is InChI=1S/C11H19N3O/c1-6-9(10(12)15)13-7-8(2)14-11(3,4)5/h6-7,14H,1H2,2-5H3,(H2,12,15)/b8-7+,13-9?. The van der Waals surface area contributed by atoms with Gasteiger partial charge in [0, 0.05) is 17.4 Å². The van der Waals surface area contributed by atoms with Gasteiger partial charge in [-0.1, -0.05) is 6.58 Å². The summed E-state index contributed by atoms with van der Waals surface area (Å²) in [5, 5.41) is 3.21. The van der Waals surface area contributed by atoms with Crippen LogP contribution in [0.3, 0.4) is 0 Å². The lowest BCUT2D eigenvalue weighted by Gasteiger charge is -2.21. The van der Waals surface area contributed by atoms with Crippen molar-refractivity contribution in [3.05, 3.63) is 24.6 Å². The molecule has 0 spiro atoms. The van der Waals surface area contributed by atoms with E-state index < -0.39 is 5.91 Å². The maximum absolute atomic E-state index is 10.8. The smallest absolute Gasteiger partial charge is 0.267 e. The van der Waals surface area contributed by atoms with Crippen molar-refractivity contribution in [3.63, 3.8) is 0 Å². The third-order valence-electron chi connectivity index (χ3n) is 1.42. The number of carbonyl (C=O) groups excluding carboxylic acids is 1. The van der Waals surface area contributed by atoms with Gasteiger partial charge in [-0.05, 0) is 33.8 Å². The molecule has 0 unspecified atom stereocenters. The Balaban J connectivity index is 4.63. The second-order valence-electron chi connectivity index (χ2n) is 4.27. The molecule has 4 nitrogen and oxygen atoms in total. The van der Waals surface area contributed by atoms with Gasteiger partial charge >= 0.3 is 0 Å². The molecule has 0 aliphatic rings. The van der Waals surface area contributed by atoms with Crippen molar-refractivity contribution in [2.75, 3.05) is 0 Å². The van der Waals surface area contributed by atoms with Crippen LogP contribution in [0.25, 0.3) is 0 Å². The largest absolute Gasteiger partial charge is 0.383 e. The van der Waals surface area contributed by atoms with Crippen molar-refractivity contribution >= 4 is 11.6 Å². The summed E-state index contributed by atoms with van der Waals surface area (Å²) in [7, 11) is 0. The number of hydrogen-bond acceptors (Lipinski definition) is 3. The molecular weight excluding hydrogens is 190 g/mol. The van der Waals surface area contributed by atoms with E-state index in [1.165, 1.54) is 6.08 Å². The summed E-state index contributed by atoms with van der Waals surface area (Å²) in [6.07, 6.45) is 2.90. The van der Waals surface area contributed by atoms with Crippen LogP contribution < -0.4 is 11.1 Å². The Bertz CT molecular complexity index is 308. The van der Waals surface area contributed by atoms with E-state index in [1.807, 2.05) is 27.7 Å². The fourth-order valence-electron chi connectivity index (χ4n) is 1.01. The summed E-state index contributed by atoms with van der Waals surface area (Å²) >= 11 is 0. The van der Waals surface area contributed by atoms with Crippen molar-refractivity contribution < 1.29 is 4.79 Å². The zero-order chi connectivity index (χ0) is 12.1. The first-order valence-electron chi connectivity index (χ1n) is 4.71. The lowest BCUT2D eigenvalue weighted by molar-refractivity contribution is -0.111. The Morgan fingerprint density at radius 1 is 1.47 bits per heavy atom. The number of hydrogen-bond donors (Lipinski definition) is 2. The molecule has 3 N–H and O–H groups in total. The number of amides is 1. The lowest BCUT2D eigenvalue weighted by atomic mass is 10.1. The third kappa shape index (κ3) is 6.49. The molecule has 0 aliphatic carbocycles. The highest BCUT2D eigenvalue weighted by molar-refractivity contribution is 6.42. The molecule has 0 heterocycles. The summed E-state index contributed by atoms with van der Waals surface area (Å²) in [5.41, 5.74) is 6.06. The Hall–Kier alpha value is -1.58. The molecule has 0 aromatic rings. The van der Waals surface area contributed by atoms with Gasteiger partial charge in [-0.2, -0.15) is 0 Å². The van der Waals surface area contributed by atoms with Gasteiger partial charge in [-0.3, -0.25) is 4.79 Å². The fraction of sp³-hybridized carbons (Fsp3) is 0.455. The van der Waals surface area contributed by atoms with Crippen LogP contribution in [-0.2, 0) is 4.79 Å². The van der Waals surface area contributed by atoms with E-state index in [-0.39, 0.29) is 11.3 Å². The molecule has 84 valence electrons. The second kappa shape index (κ2) is 5.34. The molecule has 0 rings (SSSR count).